The number of halogens is 2. The highest BCUT2D eigenvalue weighted by atomic mass is 19.1. The smallest absolute Gasteiger partial charge is 0.168 e. The number of pyridine rings is 1. The summed E-state index contributed by atoms with van der Waals surface area (Å²) in [5.41, 5.74) is 0. The molecular weight excluding hydrogens is 176 g/mol. The molecule has 0 aliphatic carbocycles. The molecule has 2 N–H and O–H groups in total. The van der Waals surface area contributed by atoms with Gasteiger partial charge in [0, 0.05) is 19.2 Å². The molecule has 13 heavy (non-hydrogen) atoms. The van der Waals surface area contributed by atoms with Gasteiger partial charge in [0.05, 0.1) is 6.20 Å². The number of hydrogen-bond donors (Lipinski definition) is 2. The Morgan fingerprint density at radius 1 is 1.38 bits per heavy atom. The number of anilines is 1. The lowest BCUT2D eigenvalue weighted by Gasteiger charge is -2.05. The largest absolute Gasteiger partial charge is 0.366 e. The molecule has 72 valence electrons. The lowest BCUT2D eigenvalue weighted by Crippen LogP contribution is -2.18. The minimum atomic E-state index is -0.670. The topological polar surface area (TPSA) is 37.0 Å². The molecule has 5 heteroatoms. The monoisotopic (exact) mass is 187 g/mol. The summed E-state index contributed by atoms with van der Waals surface area (Å²) in [6, 6.07) is 0.800. The van der Waals surface area contributed by atoms with Crippen LogP contribution in [-0.2, 0) is 0 Å². The first-order valence-corrected chi connectivity index (χ1v) is 3.93. The van der Waals surface area contributed by atoms with Gasteiger partial charge in [-0.05, 0) is 7.05 Å². The fourth-order valence-corrected chi connectivity index (χ4v) is 0.851. The third kappa shape index (κ3) is 2.95. The summed E-state index contributed by atoms with van der Waals surface area (Å²) in [5, 5.41) is 5.61. The average Bonchev–Trinajstić information content (AvgIpc) is 2.09. The highest BCUT2D eigenvalue weighted by Crippen LogP contribution is 2.09. The van der Waals surface area contributed by atoms with Gasteiger partial charge in [-0.25, -0.2) is 13.8 Å². The molecule has 0 spiro atoms. The van der Waals surface area contributed by atoms with Crippen molar-refractivity contribution < 1.29 is 8.78 Å². The van der Waals surface area contributed by atoms with Crippen molar-refractivity contribution in [3.63, 3.8) is 0 Å². The van der Waals surface area contributed by atoms with Crippen molar-refractivity contribution in [3.05, 3.63) is 23.9 Å². The summed E-state index contributed by atoms with van der Waals surface area (Å²) in [5.74, 6) is -1.26. The Hall–Kier alpha value is -1.23. The number of rotatable bonds is 4. The molecule has 0 amide bonds. The Morgan fingerprint density at radius 2 is 2.15 bits per heavy atom. The molecule has 0 radical (unpaired) electrons. The maximum atomic E-state index is 12.9. The Balaban J connectivity index is 2.56. The van der Waals surface area contributed by atoms with Crippen molar-refractivity contribution in [3.8, 4) is 0 Å². The fraction of sp³-hybridized carbons (Fsp3) is 0.375. The third-order valence-corrected chi connectivity index (χ3v) is 1.48. The predicted octanol–water partition coefficient (Wildman–Crippen LogP) is 0.991. The summed E-state index contributed by atoms with van der Waals surface area (Å²) in [7, 11) is 1.79. The first-order chi connectivity index (χ1) is 6.24. The van der Waals surface area contributed by atoms with Crippen LogP contribution in [-0.4, -0.2) is 25.1 Å². The van der Waals surface area contributed by atoms with E-state index in [0.29, 0.717) is 13.1 Å². The minimum Gasteiger partial charge on any atom is -0.366 e. The third-order valence-electron chi connectivity index (χ3n) is 1.48. The number of hydrogen-bond acceptors (Lipinski definition) is 3. The first-order valence-electron chi connectivity index (χ1n) is 3.93. The highest BCUT2D eigenvalue weighted by molar-refractivity contribution is 5.35. The van der Waals surface area contributed by atoms with Gasteiger partial charge < -0.3 is 10.6 Å². The van der Waals surface area contributed by atoms with Crippen LogP contribution in [0.3, 0.4) is 0 Å². The van der Waals surface area contributed by atoms with Gasteiger partial charge in [-0.3, -0.25) is 0 Å². The van der Waals surface area contributed by atoms with Crippen molar-refractivity contribution in [2.45, 2.75) is 0 Å². The Labute approximate surface area is 75.2 Å². The molecule has 0 saturated heterocycles. The molecule has 1 aromatic heterocycles. The molecule has 0 bridgehead atoms. The molecule has 0 aliphatic heterocycles. The summed E-state index contributed by atoms with van der Waals surface area (Å²) in [6.45, 7) is 1.24. The maximum absolute atomic E-state index is 12.9. The van der Waals surface area contributed by atoms with Crippen LogP contribution in [0.1, 0.15) is 0 Å². The zero-order valence-corrected chi connectivity index (χ0v) is 7.27. The molecule has 0 unspecified atom stereocenters. The van der Waals surface area contributed by atoms with Crippen molar-refractivity contribution in [2.75, 3.05) is 25.5 Å². The van der Waals surface area contributed by atoms with E-state index in [4.69, 9.17) is 0 Å². The van der Waals surface area contributed by atoms with Crippen molar-refractivity contribution in [1.82, 2.24) is 10.3 Å². The Kier molecular flexibility index (Phi) is 3.57. The Morgan fingerprint density at radius 3 is 2.77 bits per heavy atom. The maximum Gasteiger partial charge on any atom is 0.168 e. The van der Waals surface area contributed by atoms with E-state index in [1.165, 1.54) is 0 Å². The van der Waals surface area contributed by atoms with Crippen LogP contribution in [0, 0.1) is 11.6 Å². The number of likely N-dealkylation sites (N-methyl/N-ethyl adjacent to an activating group) is 1. The zero-order chi connectivity index (χ0) is 9.68. The normalized spacial score (nSPS) is 10.1. The van der Waals surface area contributed by atoms with Gasteiger partial charge >= 0.3 is 0 Å². The van der Waals surface area contributed by atoms with Crippen LogP contribution in [0.2, 0.25) is 0 Å². The molecule has 0 aromatic carbocycles. The van der Waals surface area contributed by atoms with Crippen LogP contribution >= 0.6 is 0 Å². The van der Waals surface area contributed by atoms with E-state index in [1.807, 2.05) is 0 Å². The number of aromatic nitrogens is 1. The average molecular weight is 187 g/mol. The Bertz CT molecular complexity index is 278. The summed E-state index contributed by atoms with van der Waals surface area (Å²) < 4.78 is 25.3. The first kappa shape index (κ1) is 9.85. The predicted molar refractivity (Wildman–Crippen MR) is 46.6 cm³/mol. The lowest BCUT2D eigenvalue weighted by atomic mass is 10.4. The number of nitrogens with one attached hydrogen (secondary N) is 2. The van der Waals surface area contributed by atoms with Crippen molar-refractivity contribution >= 4 is 5.82 Å². The molecule has 1 aromatic rings. The van der Waals surface area contributed by atoms with E-state index < -0.39 is 11.6 Å². The van der Waals surface area contributed by atoms with E-state index in [1.54, 1.807) is 7.05 Å². The molecule has 3 nitrogen and oxygen atoms in total. The van der Waals surface area contributed by atoms with Crippen LogP contribution < -0.4 is 10.6 Å². The van der Waals surface area contributed by atoms with Gasteiger partial charge in [-0.1, -0.05) is 0 Å². The van der Waals surface area contributed by atoms with Gasteiger partial charge in [0.25, 0.3) is 0 Å². The lowest BCUT2D eigenvalue weighted by molar-refractivity contribution is 0.575. The van der Waals surface area contributed by atoms with Gasteiger partial charge in [0.1, 0.15) is 5.82 Å². The molecular formula is C8H11F2N3. The molecule has 0 fully saturated rings. The molecule has 1 heterocycles. The minimum absolute atomic E-state index is 0.0802. The quantitative estimate of drug-likeness (QED) is 0.690. The van der Waals surface area contributed by atoms with E-state index >= 15 is 0 Å². The summed E-state index contributed by atoms with van der Waals surface area (Å²) >= 11 is 0. The van der Waals surface area contributed by atoms with E-state index in [2.05, 4.69) is 15.6 Å². The highest BCUT2D eigenvalue weighted by Gasteiger charge is 2.03. The fourth-order valence-electron chi connectivity index (χ4n) is 0.851. The van der Waals surface area contributed by atoms with Gasteiger partial charge in [0.2, 0.25) is 0 Å². The zero-order valence-electron chi connectivity index (χ0n) is 7.27. The van der Waals surface area contributed by atoms with Gasteiger partial charge in [-0.15, -0.1) is 0 Å². The van der Waals surface area contributed by atoms with Crippen molar-refractivity contribution in [2.24, 2.45) is 0 Å². The van der Waals surface area contributed by atoms with Crippen LogP contribution in [0.5, 0.6) is 0 Å². The van der Waals surface area contributed by atoms with Crippen LogP contribution in [0.4, 0.5) is 14.6 Å². The second-order valence-electron chi connectivity index (χ2n) is 2.51. The van der Waals surface area contributed by atoms with Gasteiger partial charge in [0.15, 0.2) is 11.6 Å². The van der Waals surface area contributed by atoms with E-state index in [0.717, 1.165) is 12.3 Å². The van der Waals surface area contributed by atoms with E-state index in [9.17, 15) is 8.78 Å². The van der Waals surface area contributed by atoms with Gasteiger partial charge in [-0.2, -0.15) is 0 Å². The molecule has 0 aliphatic rings. The summed E-state index contributed by atoms with van der Waals surface area (Å²) in [6.07, 6.45) is 0.977. The van der Waals surface area contributed by atoms with E-state index in [-0.39, 0.29) is 5.82 Å². The summed E-state index contributed by atoms with van der Waals surface area (Å²) in [4.78, 5) is 3.56. The molecule has 0 saturated carbocycles. The standard InChI is InChI=1S/C8H11F2N3/c1-11-2-3-12-8-7(10)4-6(9)5-13-8/h4-5,11H,2-3H2,1H3,(H,12,13). The molecule has 1 rings (SSSR count). The van der Waals surface area contributed by atoms with Crippen molar-refractivity contribution in [1.29, 1.82) is 0 Å². The second-order valence-corrected chi connectivity index (χ2v) is 2.51. The SMILES string of the molecule is CNCCNc1ncc(F)cc1F. The number of nitrogens with zero attached hydrogens (tertiary/aromatic N) is 1. The molecule has 0 atom stereocenters. The second kappa shape index (κ2) is 4.71. The van der Waals surface area contributed by atoms with Crippen LogP contribution in [0.15, 0.2) is 12.3 Å². The van der Waals surface area contributed by atoms with Crippen LogP contribution in [0.25, 0.3) is 0 Å².